The van der Waals surface area contributed by atoms with Crippen LogP contribution in [0.25, 0.3) is 0 Å². The number of hydrogen-bond acceptors (Lipinski definition) is 3. The second kappa shape index (κ2) is 7.48. The number of nitrogens with zero attached hydrogens (tertiary/aromatic N) is 1. The number of nitrogens with two attached hydrogens (primary N) is 1. The van der Waals surface area contributed by atoms with Gasteiger partial charge in [0.1, 0.15) is 0 Å². The van der Waals surface area contributed by atoms with Crippen molar-refractivity contribution in [3.63, 3.8) is 0 Å². The topological polar surface area (TPSA) is 83.8 Å². The Kier molecular flexibility index (Phi) is 5.65. The molecule has 1 fully saturated rings. The average molecular weight is 292 g/mol. The van der Waals surface area contributed by atoms with Crippen LogP contribution in [0, 0.1) is 5.92 Å². The van der Waals surface area contributed by atoms with Crippen molar-refractivity contribution in [2.75, 3.05) is 5.73 Å². The predicted octanol–water partition coefficient (Wildman–Crippen LogP) is 3.03. The molecule has 1 aromatic heterocycles. The first-order valence-corrected chi connectivity index (χ1v) is 8.30. The monoisotopic (exact) mass is 292 g/mol. The highest BCUT2D eigenvalue weighted by atomic mass is 16.2. The normalized spacial score (nSPS) is 17.6. The minimum atomic E-state index is -0.136. The molecule has 5 nitrogen and oxygen atoms in total. The fraction of sp³-hybridized carbons (Fsp3) is 0.750. The van der Waals surface area contributed by atoms with Gasteiger partial charge in [0, 0.05) is 6.04 Å². The molecule has 5 heteroatoms. The number of carbonyl (C=O) groups excluding carboxylic acids is 1. The Morgan fingerprint density at radius 2 is 2.10 bits per heavy atom. The van der Waals surface area contributed by atoms with Crippen LogP contribution in [-0.2, 0) is 6.42 Å². The molecule has 1 unspecified atom stereocenters. The minimum Gasteiger partial charge on any atom is -0.395 e. The number of anilines is 1. The zero-order valence-electron chi connectivity index (χ0n) is 13.2. The molecule has 1 amide bonds. The Bertz CT molecular complexity index is 463. The van der Waals surface area contributed by atoms with Crippen LogP contribution in [0.4, 0.5) is 5.69 Å². The summed E-state index contributed by atoms with van der Waals surface area (Å²) in [5, 5.41) is 10.1. The third-order valence-electron chi connectivity index (χ3n) is 4.57. The lowest BCUT2D eigenvalue weighted by atomic mass is 9.83. The molecular formula is C16H28N4O. The summed E-state index contributed by atoms with van der Waals surface area (Å²) in [5.74, 6) is 0.464. The van der Waals surface area contributed by atoms with Gasteiger partial charge in [0.15, 0.2) is 5.69 Å². The van der Waals surface area contributed by atoms with E-state index in [0.29, 0.717) is 17.3 Å². The van der Waals surface area contributed by atoms with Gasteiger partial charge in [-0.25, -0.2) is 0 Å². The molecule has 2 rings (SSSR count). The molecule has 118 valence electrons. The average Bonchev–Trinajstić information content (AvgIpc) is 2.87. The van der Waals surface area contributed by atoms with Crippen LogP contribution in [-0.4, -0.2) is 22.1 Å². The molecule has 1 atom stereocenters. The molecule has 1 aromatic rings. The van der Waals surface area contributed by atoms with Crippen LogP contribution in [0.5, 0.6) is 0 Å². The molecule has 0 aromatic carbocycles. The van der Waals surface area contributed by atoms with Crippen LogP contribution in [0.15, 0.2) is 0 Å². The molecule has 0 radical (unpaired) electrons. The molecular weight excluding hydrogens is 264 g/mol. The Morgan fingerprint density at radius 3 is 2.71 bits per heavy atom. The molecule has 0 aliphatic heterocycles. The molecule has 0 saturated heterocycles. The predicted molar refractivity (Wildman–Crippen MR) is 85.1 cm³/mol. The number of rotatable bonds is 6. The zero-order valence-corrected chi connectivity index (χ0v) is 13.2. The van der Waals surface area contributed by atoms with E-state index in [9.17, 15) is 4.79 Å². The summed E-state index contributed by atoms with van der Waals surface area (Å²) in [6.45, 7) is 4.21. The van der Waals surface area contributed by atoms with E-state index in [1.54, 1.807) is 0 Å². The zero-order chi connectivity index (χ0) is 15.2. The Morgan fingerprint density at radius 1 is 1.38 bits per heavy atom. The smallest absolute Gasteiger partial charge is 0.274 e. The van der Waals surface area contributed by atoms with E-state index in [4.69, 9.17) is 5.73 Å². The van der Waals surface area contributed by atoms with E-state index in [1.165, 1.54) is 32.1 Å². The first-order valence-electron chi connectivity index (χ1n) is 8.30. The molecule has 1 saturated carbocycles. The van der Waals surface area contributed by atoms with Gasteiger partial charge in [-0.1, -0.05) is 39.5 Å². The van der Waals surface area contributed by atoms with Crippen molar-refractivity contribution in [1.82, 2.24) is 15.5 Å². The number of H-pyrrole nitrogens is 1. The lowest BCUT2D eigenvalue weighted by Gasteiger charge is -2.30. The molecule has 1 aliphatic rings. The first kappa shape index (κ1) is 15.9. The summed E-state index contributed by atoms with van der Waals surface area (Å²) in [6.07, 6.45) is 9.09. The first-order chi connectivity index (χ1) is 10.2. The highest BCUT2D eigenvalue weighted by Crippen LogP contribution is 2.28. The van der Waals surface area contributed by atoms with Crippen molar-refractivity contribution in [2.45, 2.75) is 71.3 Å². The third kappa shape index (κ3) is 3.77. The second-order valence-electron chi connectivity index (χ2n) is 6.10. The summed E-state index contributed by atoms with van der Waals surface area (Å²) >= 11 is 0. The largest absolute Gasteiger partial charge is 0.395 e. The maximum absolute atomic E-state index is 12.4. The van der Waals surface area contributed by atoms with Gasteiger partial charge >= 0.3 is 0 Å². The van der Waals surface area contributed by atoms with Crippen LogP contribution >= 0.6 is 0 Å². The number of carbonyl (C=O) groups is 1. The van der Waals surface area contributed by atoms with Crippen molar-refractivity contribution >= 4 is 11.6 Å². The SMILES string of the molecule is CCCc1[nH]nc(C(=O)NC(CC)C2CCCCC2)c1N. The van der Waals surface area contributed by atoms with E-state index in [-0.39, 0.29) is 11.9 Å². The van der Waals surface area contributed by atoms with Gasteiger partial charge in [-0.2, -0.15) is 5.10 Å². The summed E-state index contributed by atoms with van der Waals surface area (Å²) in [7, 11) is 0. The van der Waals surface area contributed by atoms with Gasteiger partial charge < -0.3 is 11.1 Å². The fourth-order valence-electron chi connectivity index (χ4n) is 3.33. The van der Waals surface area contributed by atoms with Crippen molar-refractivity contribution in [3.05, 3.63) is 11.4 Å². The quantitative estimate of drug-likeness (QED) is 0.753. The Balaban J connectivity index is 2.01. The highest BCUT2D eigenvalue weighted by Gasteiger charge is 2.26. The van der Waals surface area contributed by atoms with Crippen LogP contribution in [0.3, 0.4) is 0 Å². The van der Waals surface area contributed by atoms with E-state index in [2.05, 4.69) is 29.4 Å². The summed E-state index contributed by atoms with van der Waals surface area (Å²) in [6, 6.07) is 0.239. The molecule has 0 spiro atoms. The number of aromatic amines is 1. The molecule has 21 heavy (non-hydrogen) atoms. The maximum Gasteiger partial charge on any atom is 0.274 e. The number of aromatic nitrogens is 2. The van der Waals surface area contributed by atoms with Crippen molar-refractivity contribution in [2.24, 2.45) is 5.92 Å². The number of nitrogen functional groups attached to an aromatic ring is 1. The molecule has 1 heterocycles. The van der Waals surface area contributed by atoms with Crippen molar-refractivity contribution in [1.29, 1.82) is 0 Å². The number of aryl methyl sites for hydroxylation is 1. The van der Waals surface area contributed by atoms with Gasteiger partial charge in [0.2, 0.25) is 0 Å². The molecule has 1 aliphatic carbocycles. The standard InChI is InChI=1S/C16H28N4O/c1-3-8-13-14(17)15(20-19-13)16(21)18-12(4-2)11-9-6-5-7-10-11/h11-12H,3-10,17H2,1-2H3,(H,18,21)(H,19,20). The molecule has 0 bridgehead atoms. The van der Waals surface area contributed by atoms with Gasteiger partial charge in [-0.3, -0.25) is 9.89 Å². The van der Waals surface area contributed by atoms with Gasteiger partial charge in [0.25, 0.3) is 5.91 Å². The number of nitrogens with one attached hydrogen (secondary N) is 2. The maximum atomic E-state index is 12.4. The fourth-order valence-corrected chi connectivity index (χ4v) is 3.33. The van der Waals surface area contributed by atoms with E-state index < -0.39 is 0 Å². The lowest BCUT2D eigenvalue weighted by Crippen LogP contribution is -2.41. The number of hydrogen-bond donors (Lipinski definition) is 3. The van der Waals surface area contributed by atoms with Crippen LogP contribution < -0.4 is 11.1 Å². The van der Waals surface area contributed by atoms with Gasteiger partial charge in [-0.05, 0) is 31.6 Å². The van der Waals surface area contributed by atoms with Crippen LogP contribution in [0.1, 0.15) is 75.0 Å². The van der Waals surface area contributed by atoms with Crippen LogP contribution in [0.2, 0.25) is 0 Å². The second-order valence-corrected chi connectivity index (χ2v) is 6.10. The van der Waals surface area contributed by atoms with Crippen molar-refractivity contribution < 1.29 is 4.79 Å². The van der Waals surface area contributed by atoms with Crippen molar-refractivity contribution in [3.8, 4) is 0 Å². The van der Waals surface area contributed by atoms with Gasteiger partial charge in [-0.15, -0.1) is 0 Å². The minimum absolute atomic E-state index is 0.136. The van der Waals surface area contributed by atoms with Gasteiger partial charge in [0.05, 0.1) is 11.4 Å². The van der Waals surface area contributed by atoms with E-state index >= 15 is 0 Å². The molecule has 4 N–H and O–H groups in total. The highest BCUT2D eigenvalue weighted by molar-refractivity contribution is 5.97. The summed E-state index contributed by atoms with van der Waals surface area (Å²) < 4.78 is 0. The summed E-state index contributed by atoms with van der Waals surface area (Å²) in [5.41, 5.74) is 7.76. The Labute approximate surface area is 127 Å². The van der Waals surface area contributed by atoms with E-state index in [1.807, 2.05) is 0 Å². The lowest BCUT2D eigenvalue weighted by molar-refractivity contribution is 0.0907. The third-order valence-corrected chi connectivity index (χ3v) is 4.57. The number of amides is 1. The Hall–Kier alpha value is -1.52. The summed E-state index contributed by atoms with van der Waals surface area (Å²) in [4.78, 5) is 12.4. The van der Waals surface area contributed by atoms with E-state index in [0.717, 1.165) is 25.0 Å².